The van der Waals surface area contributed by atoms with Crippen molar-refractivity contribution in [1.82, 2.24) is 5.32 Å². The van der Waals surface area contributed by atoms with Crippen molar-refractivity contribution >= 4 is 5.91 Å². The van der Waals surface area contributed by atoms with E-state index in [4.69, 9.17) is 9.47 Å². The van der Waals surface area contributed by atoms with Crippen LogP contribution in [0.1, 0.15) is 22.7 Å². The van der Waals surface area contributed by atoms with Crippen molar-refractivity contribution in [3.05, 3.63) is 95.6 Å². The first-order valence-electron chi connectivity index (χ1n) is 10.0. The molecule has 5 nitrogen and oxygen atoms in total. The van der Waals surface area contributed by atoms with Gasteiger partial charge in [-0.15, -0.1) is 0 Å². The molecule has 2 N–H and O–H groups in total. The van der Waals surface area contributed by atoms with E-state index >= 15 is 0 Å². The van der Waals surface area contributed by atoms with E-state index in [0.717, 1.165) is 33.1 Å². The fourth-order valence-corrected chi connectivity index (χ4v) is 3.52. The van der Waals surface area contributed by atoms with Gasteiger partial charge in [-0.1, -0.05) is 60.7 Å². The number of hydrogen-bond acceptors (Lipinski definition) is 3. The SMILES string of the molecule is COc1ccc(C[NH+](C)CC(=O)NC(c2ccccc2)c2ccccc2)c(OC)c1. The lowest BCUT2D eigenvalue weighted by atomic mass is 9.99. The van der Waals surface area contributed by atoms with Gasteiger partial charge in [-0.25, -0.2) is 0 Å². The molecular weight excluding hydrogens is 376 g/mol. The highest BCUT2D eigenvalue weighted by molar-refractivity contribution is 5.77. The maximum absolute atomic E-state index is 12.9. The predicted octanol–water partition coefficient (Wildman–Crippen LogP) is 2.62. The third-order valence-corrected chi connectivity index (χ3v) is 5.02. The number of nitrogens with one attached hydrogen (secondary N) is 2. The third-order valence-electron chi connectivity index (χ3n) is 5.02. The first-order chi connectivity index (χ1) is 14.6. The molecule has 1 unspecified atom stereocenters. The standard InChI is InChI=1S/C25H28N2O3/c1-27(17-21-14-15-22(29-2)16-23(21)30-3)18-24(28)26-25(19-10-6-4-7-11-19)20-12-8-5-9-13-20/h4-16,25H,17-18H2,1-3H3,(H,26,28)/p+1. The fourth-order valence-electron chi connectivity index (χ4n) is 3.52. The monoisotopic (exact) mass is 405 g/mol. The molecule has 0 aromatic heterocycles. The molecule has 0 saturated heterocycles. The zero-order chi connectivity index (χ0) is 21.3. The van der Waals surface area contributed by atoms with Crippen LogP contribution in [0.4, 0.5) is 0 Å². The van der Waals surface area contributed by atoms with Gasteiger partial charge in [-0.2, -0.15) is 0 Å². The van der Waals surface area contributed by atoms with Crippen molar-refractivity contribution in [3.8, 4) is 11.5 Å². The summed E-state index contributed by atoms with van der Waals surface area (Å²) in [4.78, 5) is 13.9. The van der Waals surface area contributed by atoms with Gasteiger partial charge in [0.1, 0.15) is 18.0 Å². The van der Waals surface area contributed by atoms with E-state index in [0.29, 0.717) is 13.1 Å². The minimum atomic E-state index is -0.178. The second-order valence-corrected chi connectivity index (χ2v) is 7.31. The molecule has 0 radical (unpaired) electrons. The van der Waals surface area contributed by atoms with Gasteiger partial charge in [0.05, 0.1) is 27.3 Å². The van der Waals surface area contributed by atoms with Gasteiger partial charge in [-0.3, -0.25) is 4.79 Å². The highest BCUT2D eigenvalue weighted by Gasteiger charge is 2.20. The van der Waals surface area contributed by atoms with Crippen LogP contribution in [0.2, 0.25) is 0 Å². The molecule has 30 heavy (non-hydrogen) atoms. The Morgan fingerprint density at radius 2 is 1.50 bits per heavy atom. The molecule has 0 spiro atoms. The Labute approximate surface area is 178 Å². The summed E-state index contributed by atoms with van der Waals surface area (Å²) in [5, 5.41) is 3.20. The molecule has 3 aromatic carbocycles. The van der Waals surface area contributed by atoms with Crippen LogP contribution in [0.25, 0.3) is 0 Å². The van der Waals surface area contributed by atoms with Crippen molar-refractivity contribution in [2.45, 2.75) is 12.6 Å². The molecule has 0 saturated carbocycles. The molecule has 0 aliphatic rings. The number of hydrogen-bond donors (Lipinski definition) is 2. The molecule has 1 amide bonds. The van der Waals surface area contributed by atoms with Gasteiger partial charge in [0.2, 0.25) is 0 Å². The summed E-state index contributed by atoms with van der Waals surface area (Å²) in [6.45, 7) is 1.02. The minimum Gasteiger partial charge on any atom is -0.497 e. The summed E-state index contributed by atoms with van der Waals surface area (Å²) in [5.41, 5.74) is 3.16. The molecular formula is C25H29N2O3+. The Balaban J connectivity index is 1.68. The van der Waals surface area contributed by atoms with E-state index in [1.165, 1.54) is 0 Å². The van der Waals surface area contributed by atoms with Crippen molar-refractivity contribution in [2.24, 2.45) is 0 Å². The molecule has 0 aliphatic heterocycles. The Morgan fingerprint density at radius 3 is 2.03 bits per heavy atom. The summed E-state index contributed by atoms with van der Waals surface area (Å²) in [6, 6.07) is 25.7. The number of benzene rings is 3. The fraction of sp³-hybridized carbons (Fsp3) is 0.240. The van der Waals surface area contributed by atoms with Crippen LogP contribution in [0, 0.1) is 0 Å². The number of rotatable bonds is 9. The largest absolute Gasteiger partial charge is 0.497 e. The molecule has 5 heteroatoms. The summed E-state index contributed by atoms with van der Waals surface area (Å²) >= 11 is 0. The van der Waals surface area contributed by atoms with Crippen molar-refractivity contribution in [3.63, 3.8) is 0 Å². The maximum atomic E-state index is 12.9. The number of likely N-dealkylation sites (N-methyl/N-ethyl adjacent to an activating group) is 1. The van der Waals surface area contributed by atoms with Crippen molar-refractivity contribution < 1.29 is 19.2 Å². The second-order valence-electron chi connectivity index (χ2n) is 7.31. The third kappa shape index (κ3) is 5.61. The van der Waals surface area contributed by atoms with Crippen LogP contribution >= 0.6 is 0 Å². The van der Waals surface area contributed by atoms with E-state index < -0.39 is 0 Å². The Morgan fingerprint density at radius 1 is 0.900 bits per heavy atom. The zero-order valence-electron chi connectivity index (χ0n) is 17.7. The number of methoxy groups -OCH3 is 2. The van der Waals surface area contributed by atoms with E-state index in [1.807, 2.05) is 85.9 Å². The van der Waals surface area contributed by atoms with Gasteiger partial charge >= 0.3 is 0 Å². The highest BCUT2D eigenvalue weighted by atomic mass is 16.5. The zero-order valence-corrected chi connectivity index (χ0v) is 17.7. The normalized spacial score (nSPS) is 11.7. The lowest BCUT2D eigenvalue weighted by Gasteiger charge is -2.21. The van der Waals surface area contributed by atoms with Gasteiger partial charge in [0.25, 0.3) is 5.91 Å². The lowest BCUT2D eigenvalue weighted by molar-refractivity contribution is -0.885. The van der Waals surface area contributed by atoms with E-state index in [1.54, 1.807) is 14.2 Å². The number of carbonyl (C=O) groups is 1. The van der Waals surface area contributed by atoms with Gasteiger partial charge in [0.15, 0.2) is 6.54 Å². The Bertz CT molecular complexity index is 906. The smallest absolute Gasteiger partial charge is 0.275 e. The molecule has 156 valence electrons. The van der Waals surface area contributed by atoms with Crippen LogP contribution in [-0.2, 0) is 11.3 Å². The number of ether oxygens (including phenoxy) is 2. The lowest BCUT2D eigenvalue weighted by Crippen LogP contribution is -3.08. The molecule has 1 atom stereocenters. The second kappa shape index (κ2) is 10.5. The quantitative estimate of drug-likeness (QED) is 0.576. The number of quaternary nitrogens is 1. The van der Waals surface area contributed by atoms with Crippen LogP contribution in [0.15, 0.2) is 78.9 Å². The maximum Gasteiger partial charge on any atom is 0.275 e. The average molecular weight is 406 g/mol. The number of amides is 1. The molecule has 0 fully saturated rings. The van der Waals surface area contributed by atoms with Gasteiger partial charge < -0.3 is 19.7 Å². The highest BCUT2D eigenvalue weighted by Crippen LogP contribution is 2.24. The topological polar surface area (TPSA) is 52.0 Å². The van der Waals surface area contributed by atoms with Crippen molar-refractivity contribution in [1.29, 1.82) is 0 Å². The first-order valence-corrected chi connectivity index (χ1v) is 10.0. The van der Waals surface area contributed by atoms with Gasteiger partial charge in [-0.05, 0) is 23.3 Å². The minimum absolute atomic E-state index is 0.00214. The van der Waals surface area contributed by atoms with E-state index in [-0.39, 0.29) is 11.9 Å². The van der Waals surface area contributed by atoms with E-state index in [9.17, 15) is 4.79 Å². The molecule has 0 heterocycles. The average Bonchev–Trinajstić information content (AvgIpc) is 2.78. The predicted molar refractivity (Wildman–Crippen MR) is 118 cm³/mol. The van der Waals surface area contributed by atoms with Crippen LogP contribution in [-0.4, -0.2) is 33.7 Å². The molecule has 0 bridgehead atoms. The first kappa shape index (κ1) is 21.4. The van der Waals surface area contributed by atoms with Crippen LogP contribution in [0.5, 0.6) is 11.5 Å². The molecule has 3 rings (SSSR count). The number of carbonyl (C=O) groups excluding carboxylic acids is 1. The summed E-state index contributed by atoms with van der Waals surface area (Å²) in [6.07, 6.45) is 0. The van der Waals surface area contributed by atoms with Gasteiger partial charge in [0, 0.05) is 11.6 Å². The van der Waals surface area contributed by atoms with Crippen LogP contribution in [0.3, 0.4) is 0 Å². The summed E-state index contributed by atoms with van der Waals surface area (Å²) in [5.74, 6) is 1.51. The van der Waals surface area contributed by atoms with Crippen LogP contribution < -0.4 is 19.7 Å². The Hall–Kier alpha value is -3.31. The summed E-state index contributed by atoms with van der Waals surface area (Å²) < 4.78 is 10.7. The summed E-state index contributed by atoms with van der Waals surface area (Å²) in [7, 11) is 5.28. The molecule has 3 aromatic rings. The Kier molecular flexibility index (Phi) is 7.46. The van der Waals surface area contributed by atoms with E-state index in [2.05, 4.69) is 5.32 Å². The molecule has 0 aliphatic carbocycles. The van der Waals surface area contributed by atoms with Crippen molar-refractivity contribution in [2.75, 3.05) is 27.8 Å².